The molecule has 0 heterocycles. The molecule has 0 spiro atoms. The Morgan fingerprint density at radius 3 is 2.65 bits per heavy atom. The summed E-state index contributed by atoms with van der Waals surface area (Å²) in [6, 6.07) is 11.9. The molecule has 0 unspecified atom stereocenters. The van der Waals surface area contributed by atoms with Crippen LogP contribution in [0.25, 0.3) is 0 Å². The number of hydrogen-bond acceptors (Lipinski definition) is 3. The van der Waals surface area contributed by atoms with Crippen molar-refractivity contribution in [1.29, 1.82) is 0 Å². The molecule has 0 aliphatic heterocycles. The first kappa shape index (κ1) is 16.6. The Morgan fingerprint density at radius 1 is 1.09 bits per heavy atom. The summed E-state index contributed by atoms with van der Waals surface area (Å²) in [5, 5.41) is 0. The van der Waals surface area contributed by atoms with E-state index in [0.717, 1.165) is 16.8 Å². The van der Waals surface area contributed by atoms with Gasteiger partial charge in [-0.25, -0.2) is 0 Å². The van der Waals surface area contributed by atoms with Crippen LogP contribution < -0.4 is 9.47 Å². The number of ether oxygens (including phenoxy) is 2. The molecule has 0 amide bonds. The summed E-state index contributed by atoms with van der Waals surface area (Å²) < 4.78 is 11.1. The van der Waals surface area contributed by atoms with Crippen molar-refractivity contribution in [2.45, 2.75) is 20.8 Å². The summed E-state index contributed by atoms with van der Waals surface area (Å²) in [6.07, 6.45) is 7.06. The van der Waals surface area contributed by atoms with Crippen LogP contribution >= 0.6 is 0 Å². The molecular weight excluding hydrogens is 286 g/mol. The number of terminal acetylenes is 1. The van der Waals surface area contributed by atoms with Crippen LogP contribution in [0.4, 0.5) is 5.69 Å². The molecule has 3 heteroatoms. The zero-order chi connectivity index (χ0) is 16.7. The monoisotopic (exact) mass is 307 g/mol. The van der Waals surface area contributed by atoms with Crippen molar-refractivity contribution >= 4 is 11.9 Å². The van der Waals surface area contributed by atoms with E-state index >= 15 is 0 Å². The van der Waals surface area contributed by atoms with Gasteiger partial charge in [0.05, 0.1) is 12.3 Å². The number of nitrogens with zero attached hydrogens (tertiary/aromatic N) is 1. The molecule has 0 atom stereocenters. The average molecular weight is 307 g/mol. The maximum absolute atomic E-state index is 5.61. The Hall–Kier alpha value is -2.73. The normalized spacial score (nSPS) is 10.5. The van der Waals surface area contributed by atoms with Crippen molar-refractivity contribution in [2.75, 3.05) is 13.2 Å². The zero-order valence-corrected chi connectivity index (χ0v) is 13.8. The van der Waals surface area contributed by atoms with E-state index in [0.29, 0.717) is 18.1 Å². The third kappa shape index (κ3) is 4.62. The fourth-order valence-corrected chi connectivity index (χ4v) is 2.11. The summed E-state index contributed by atoms with van der Waals surface area (Å²) in [6.45, 7) is 6.82. The number of rotatable bonds is 6. The molecule has 0 saturated heterocycles. The lowest BCUT2D eigenvalue weighted by Crippen LogP contribution is -2.00. The maximum atomic E-state index is 5.61. The first-order chi connectivity index (χ1) is 11.1. The van der Waals surface area contributed by atoms with E-state index in [1.807, 2.05) is 31.3 Å². The molecule has 23 heavy (non-hydrogen) atoms. The van der Waals surface area contributed by atoms with Gasteiger partial charge in [0, 0.05) is 6.21 Å². The second-order valence-electron chi connectivity index (χ2n) is 5.18. The Balaban J connectivity index is 2.26. The Kier molecular flexibility index (Phi) is 5.82. The minimum absolute atomic E-state index is 0.218. The van der Waals surface area contributed by atoms with Gasteiger partial charge >= 0.3 is 0 Å². The Labute approximate surface area is 138 Å². The predicted molar refractivity (Wildman–Crippen MR) is 95.1 cm³/mol. The molecule has 2 aromatic rings. The highest BCUT2D eigenvalue weighted by molar-refractivity contribution is 5.83. The standard InChI is InChI=1S/C20H21NO2/c1-5-11-23-19-10-9-17(13-20(19)22-6-2)14-21-18-12-15(3)7-8-16(18)4/h1,7-10,12-14H,6,11H2,2-4H3. The van der Waals surface area contributed by atoms with Crippen molar-refractivity contribution < 1.29 is 9.47 Å². The lowest BCUT2D eigenvalue weighted by atomic mass is 10.1. The van der Waals surface area contributed by atoms with Crippen molar-refractivity contribution in [3.8, 4) is 23.8 Å². The predicted octanol–water partition coefficient (Wildman–Crippen LogP) is 4.46. The molecule has 3 nitrogen and oxygen atoms in total. The van der Waals surface area contributed by atoms with Crippen molar-refractivity contribution in [2.24, 2.45) is 4.99 Å². The molecule has 2 rings (SSSR count). The number of hydrogen-bond donors (Lipinski definition) is 0. The van der Waals surface area contributed by atoms with Gasteiger partial charge in [-0.05, 0) is 61.7 Å². The van der Waals surface area contributed by atoms with E-state index in [1.54, 1.807) is 0 Å². The summed E-state index contributed by atoms with van der Waals surface area (Å²) in [5.74, 6) is 3.77. The highest BCUT2D eigenvalue weighted by atomic mass is 16.5. The van der Waals surface area contributed by atoms with Crippen LogP contribution in [-0.4, -0.2) is 19.4 Å². The minimum atomic E-state index is 0.218. The molecule has 0 radical (unpaired) electrons. The van der Waals surface area contributed by atoms with E-state index in [9.17, 15) is 0 Å². The fourth-order valence-electron chi connectivity index (χ4n) is 2.11. The van der Waals surface area contributed by atoms with Crippen molar-refractivity contribution in [1.82, 2.24) is 0 Å². The Bertz CT molecular complexity index is 742. The first-order valence-corrected chi connectivity index (χ1v) is 7.58. The number of benzene rings is 2. The topological polar surface area (TPSA) is 30.8 Å². The molecule has 0 aliphatic rings. The van der Waals surface area contributed by atoms with E-state index in [-0.39, 0.29) is 6.61 Å². The van der Waals surface area contributed by atoms with Crippen molar-refractivity contribution in [3.63, 3.8) is 0 Å². The maximum Gasteiger partial charge on any atom is 0.162 e. The zero-order valence-electron chi connectivity index (χ0n) is 13.8. The van der Waals surface area contributed by atoms with Gasteiger partial charge in [-0.2, -0.15) is 0 Å². The Morgan fingerprint density at radius 2 is 1.91 bits per heavy atom. The smallest absolute Gasteiger partial charge is 0.162 e. The van der Waals surface area contributed by atoms with Crippen LogP contribution in [0.15, 0.2) is 41.4 Å². The number of aliphatic imine (C=N–C) groups is 1. The largest absolute Gasteiger partial charge is 0.490 e. The summed E-state index contributed by atoms with van der Waals surface area (Å²) >= 11 is 0. The summed E-state index contributed by atoms with van der Waals surface area (Å²) in [4.78, 5) is 4.58. The van der Waals surface area contributed by atoms with Gasteiger partial charge in [0.1, 0.15) is 6.61 Å². The van der Waals surface area contributed by atoms with Crippen LogP contribution in [0.2, 0.25) is 0 Å². The molecule has 0 bridgehead atoms. The SMILES string of the molecule is C#CCOc1ccc(C=Nc2cc(C)ccc2C)cc1OCC. The molecule has 0 N–H and O–H groups in total. The molecule has 0 saturated carbocycles. The van der Waals surface area contributed by atoms with E-state index in [1.165, 1.54) is 5.56 Å². The molecule has 0 fully saturated rings. The fraction of sp³-hybridized carbons (Fsp3) is 0.250. The van der Waals surface area contributed by atoms with E-state index in [4.69, 9.17) is 15.9 Å². The summed E-state index contributed by atoms with van der Waals surface area (Å²) in [5.41, 5.74) is 4.25. The highest BCUT2D eigenvalue weighted by Crippen LogP contribution is 2.28. The molecule has 0 aromatic heterocycles. The lowest BCUT2D eigenvalue weighted by Gasteiger charge is -2.10. The van der Waals surface area contributed by atoms with Crippen LogP contribution in [0, 0.1) is 26.2 Å². The third-order valence-corrected chi connectivity index (χ3v) is 3.30. The first-order valence-electron chi connectivity index (χ1n) is 7.58. The van der Waals surface area contributed by atoms with E-state index < -0.39 is 0 Å². The van der Waals surface area contributed by atoms with Crippen LogP contribution in [0.3, 0.4) is 0 Å². The number of aryl methyl sites for hydroxylation is 2. The van der Waals surface area contributed by atoms with Crippen LogP contribution in [0.1, 0.15) is 23.6 Å². The third-order valence-electron chi connectivity index (χ3n) is 3.30. The van der Waals surface area contributed by atoms with Gasteiger partial charge in [-0.1, -0.05) is 18.1 Å². The second kappa shape index (κ2) is 8.05. The molecule has 0 aliphatic carbocycles. The van der Waals surface area contributed by atoms with Gasteiger partial charge < -0.3 is 9.47 Å². The second-order valence-corrected chi connectivity index (χ2v) is 5.18. The van der Waals surface area contributed by atoms with E-state index in [2.05, 4.69) is 43.0 Å². The lowest BCUT2D eigenvalue weighted by molar-refractivity contribution is 0.299. The average Bonchev–Trinajstić information content (AvgIpc) is 2.55. The molecule has 118 valence electrons. The quantitative estimate of drug-likeness (QED) is 0.582. The summed E-state index contributed by atoms with van der Waals surface area (Å²) in [7, 11) is 0. The van der Waals surface area contributed by atoms with Gasteiger partial charge in [0.15, 0.2) is 11.5 Å². The van der Waals surface area contributed by atoms with Gasteiger partial charge in [0.25, 0.3) is 0 Å². The van der Waals surface area contributed by atoms with Crippen LogP contribution in [-0.2, 0) is 0 Å². The minimum Gasteiger partial charge on any atom is -0.490 e. The van der Waals surface area contributed by atoms with Gasteiger partial charge in [-0.15, -0.1) is 6.42 Å². The van der Waals surface area contributed by atoms with Crippen molar-refractivity contribution in [3.05, 3.63) is 53.1 Å². The molecular formula is C20H21NO2. The molecule has 2 aromatic carbocycles. The van der Waals surface area contributed by atoms with Gasteiger partial charge in [0.2, 0.25) is 0 Å². The highest BCUT2D eigenvalue weighted by Gasteiger charge is 2.05. The van der Waals surface area contributed by atoms with Gasteiger partial charge in [-0.3, -0.25) is 4.99 Å². The van der Waals surface area contributed by atoms with Crippen LogP contribution in [0.5, 0.6) is 11.5 Å².